The number of rotatable bonds is 8. The Labute approximate surface area is 107 Å². The van der Waals surface area contributed by atoms with E-state index in [1.165, 1.54) is 0 Å². The lowest BCUT2D eigenvalue weighted by molar-refractivity contribution is -0.137. The molecule has 0 aromatic carbocycles. The Morgan fingerprint density at radius 3 is 2.78 bits per heavy atom. The van der Waals surface area contributed by atoms with Gasteiger partial charge in [0.15, 0.2) is 0 Å². The van der Waals surface area contributed by atoms with Gasteiger partial charge in [0.25, 0.3) is 0 Å². The van der Waals surface area contributed by atoms with Crippen LogP contribution in [0.1, 0.15) is 32.1 Å². The van der Waals surface area contributed by atoms with Crippen molar-refractivity contribution in [3.8, 4) is 0 Å². The Morgan fingerprint density at radius 1 is 1.39 bits per heavy atom. The SMILES string of the molecule is COC1CNC(C(=O)NCCCCCC(=O)O)C1. The van der Waals surface area contributed by atoms with Gasteiger partial charge in [-0.1, -0.05) is 6.42 Å². The number of unbranched alkanes of at least 4 members (excludes halogenated alkanes) is 2. The van der Waals surface area contributed by atoms with Crippen molar-refractivity contribution in [1.82, 2.24) is 10.6 Å². The van der Waals surface area contributed by atoms with Gasteiger partial charge in [0, 0.05) is 26.6 Å². The van der Waals surface area contributed by atoms with E-state index in [-0.39, 0.29) is 24.5 Å². The highest BCUT2D eigenvalue weighted by Crippen LogP contribution is 2.09. The minimum Gasteiger partial charge on any atom is -0.481 e. The molecule has 0 aromatic heterocycles. The van der Waals surface area contributed by atoms with E-state index in [0.29, 0.717) is 25.9 Å². The number of carboxylic acid groups (broad SMARTS) is 1. The van der Waals surface area contributed by atoms with Crippen LogP contribution in [0.2, 0.25) is 0 Å². The molecule has 1 rings (SSSR count). The molecule has 104 valence electrons. The summed E-state index contributed by atoms with van der Waals surface area (Å²) in [4.78, 5) is 22.0. The number of ether oxygens (including phenoxy) is 1. The van der Waals surface area contributed by atoms with E-state index < -0.39 is 5.97 Å². The second-order valence-electron chi connectivity index (χ2n) is 4.55. The highest BCUT2D eigenvalue weighted by Gasteiger charge is 2.28. The van der Waals surface area contributed by atoms with E-state index in [0.717, 1.165) is 12.8 Å². The van der Waals surface area contributed by atoms with Crippen molar-refractivity contribution in [3.63, 3.8) is 0 Å². The largest absolute Gasteiger partial charge is 0.481 e. The molecule has 0 radical (unpaired) electrons. The molecule has 0 bridgehead atoms. The number of carboxylic acids is 1. The smallest absolute Gasteiger partial charge is 0.303 e. The summed E-state index contributed by atoms with van der Waals surface area (Å²) in [5.41, 5.74) is 0. The maximum absolute atomic E-state index is 11.7. The zero-order valence-corrected chi connectivity index (χ0v) is 10.8. The van der Waals surface area contributed by atoms with Crippen molar-refractivity contribution >= 4 is 11.9 Å². The zero-order chi connectivity index (χ0) is 13.4. The van der Waals surface area contributed by atoms with Crippen LogP contribution < -0.4 is 10.6 Å². The summed E-state index contributed by atoms with van der Waals surface area (Å²) in [5, 5.41) is 14.4. The third-order valence-electron chi connectivity index (χ3n) is 3.11. The number of aliphatic carboxylic acids is 1. The van der Waals surface area contributed by atoms with E-state index in [1.807, 2.05) is 0 Å². The molecule has 18 heavy (non-hydrogen) atoms. The number of carbonyl (C=O) groups excluding carboxylic acids is 1. The number of methoxy groups -OCH3 is 1. The third kappa shape index (κ3) is 5.46. The molecule has 1 heterocycles. The Morgan fingerprint density at radius 2 is 2.17 bits per heavy atom. The van der Waals surface area contributed by atoms with Gasteiger partial charge in [-0.25, -0.2) is 0 Å². The van der Waals surface area contributed by atoms with Crippen molar-refractivity contribution in [2.75, 3.05) is 20.2 Å². The van der Waals surface area contributed by atoms with Crippen LogP contribution in [0.4, 0.5) is 0 Å². The molecule has 1 aliphatic rings. The first kappa shape index (κ1) is 14.9. The topological polar surface area (TPSA) is 87.7 Å². The molecule has 2 unspecified atom stereocenters. The van der Waals surface area contributed by atoms with Crippen molar-refractivity contribution in [2.45, 2.75) is 44.2 Å². The van der Waals surface area contributed by atoms with Gasteiger partial charge in [-0.15, -0.1) is 0 Å². The fourth-order valence-corrected chi connectivity index (χ4v) is 2.00. The van der Waals surface area contributed by atoms with Crippen LogP contribution in [0.25, 0.3) is 0 Å². The lowest BCUT2D eigenvalue weighted by atomic mass is 10.1. The summed E-state index contributed by atoms with van der Waals surface area (Å²) in [5.74, 6) is -0.757. The van der Waals surface area contributed by atoms with Crippen LogP contribution >= 0.6 is 0 Å². The Kier molecular flexibility index (Phi) is 6.67. The molecular weight excluding hydrogens is 236 g/mol. The second-order valence-corrected chi connectivity index (χ2v) is 4.55. The van der Waals surface area contributed by atoms with Gasteiger partial charge in [0.1, 0.15) is 0 Å². The van der Waals surface area contributed by atoms with E-state index in [9.17, 15) is 9.59 Å². The van der Waals surface area contributed by atoms with E-state index in [2.05, 4.69) is 10.6 Å². The molecule has 3 N–H and O–H groups in total. The predicted octanol–water partition coefficient (Wildman–Crippen LogP) is 0.124. The van der Waals surface area contributed by atoms with Crippen molar-refractivity contribution < 1.29 is 19.4 Å². The van der Waals surface area contributed by atoms with Gasteiger partial charge >= 0.3 is 5.97 Å². The second kappa shape index (κ2) is 8.05. The quantitative estimate of drug-likeness (QED) is 0.538. The molecule has 0 spiro atoms. The van der Waals surface area contributed by atoms with Crippen molar-refractivity contribution in [3.05, 3.63) is 0 Å². The molecule has 0 aromatic rings. The third-order valence-corrected chi connectivity index (χ3v) is 3.11. The van der Waals surface area contributed by atoms with Gasteiger partial charge in [-0.2, -0.15) is 0 Å². The van der Waals surface area contributed by atoms with Crippen molar-refractivity contribution in [2.24, 2.45) is 0 Å². The van der Waals surface area contributed by atoms with Gasteiger partial charge in [0.05, 0.1) is 12.1 Å². The van der Waals surface area contributed by atoms with E-state index in [1.54, 1.807) is 7.11 Å². The maximum Gasteiger partial charge on any atom is 0.303 e. The molecule has 1 amide bonds. The normalized spacial score (nSPS) is 22.9. The standard InChI is InChI=1S/C12H22N2O4/c1-18-9-7-10(14-8-9)12(17)13-6-4-2-3-5-11(15)16/h9-10,14H,2-8H2,1H3,(H,13,17)(H,15,16). The average molecular weight is 258 g/mol. The fourth-order valence-electron chi connectivity index (χ4n) is 2.00. The van der Waals surface area contributed by atoms with Crippen molar-refractivity contribution in [1.29, 1.82) is 0 Å². The van der Waals surface area contributed by atoms with Gasteiger partial charge in [-0.3, -0.25) is 9.59 Å². The van der Waals surface area contributed by atoms with Crippen LogP contribution in [-0.4, -0.2) is 49.3 Å². The lowest BCUT2D eigenvalue weighted by Crippen LogP contribution is -2.40. The highest BCUT2D eigenvalue weighted by atomic mass is 16.5. The molecule has 1 fully saturated rings. The molecule has 0 aliphatic carbocycles. The summed E-state index contributed by atoms with van der Waals surface area (Å²) < 4.78 is 5.17. The summed E-state index contributed by atoms with van der Waals surface area (Å²) in [6.07, 6.45) is 3.34. The average Bonchev–Trinajstić information content (AvgIpc) is 2.81. The van der Waals surface area contributed by atoms with Crippen LogP contribution in [0, 0.1) is 0 Å². The fraction of sp³-hybridized carbons (Fsp3) is 0.833. The van der Waals surface area contributed by atoms with Crippen LogP contribution in [0.5, 0.6) is 0 Å². The van der Waals surface area contributed by atoms with Crippen LogP contribution in [0.15, 0.2) is 0 Å². The van der Waals surface area contributed by atoms with Crippen LogP contribution in [-0.2, 0) is 14.3 Å². The molecule has 0 saturated carbocycles. The molecule has 2 atom stereocenters. The van der Waals surface area contributed by atoms with Gasteiger partial charge < -0.3 is 20.5 Å². The Balaban J connectivity index is 2.02. The molecular formula is C12H22N2O4. The summed E-state index contributed by atoms with van der Waals surface area (Å²) in [7, 11) is 1.65. The van der Waals surface area contributed by atoms with E-state index in [4.69, 9.17) is 9.84 Å². The van der Waals surface area contributed by atoms with Gasteiger partial charge in [-0.05, 0) is 19.3 Å². The minimum atomic E-state index is -0.764. The number of carbonyl (C=O) groups is 2. The lowest BCUT2D eigenvalue weighted by Gasteiger charge is -2.11. The Hall–Kier alpha value is -1.14. The zero-order valence-electron chi connectivity index (χ0n) is 10.8. The number of hydrogen-bond acceptors (Lipinski definition) is 4. The molecule has 1 aliphatic heterocycles. The predicted molar refractivity (Wildman–Crippen MR) is 66.3 cm³/mol. The molecule has 1 saturated heterocycles. The first-order valence-electron chi connectivity index (χ1n) is 6.39. The first-order valence-corrected chi connectivity index (χ1v) is 6.39. The monoisotopic (exact) mass is 258 g/mol. The number of hydrogen-bond donors (Lipinski definition) is 3. The molecule has 6 heteroatoms. The maximum atomic E-state index is 11.7. The summed E-state index contributed by atoms with van der Waals surface area (Å²) >= 11 is 0. The molecule has 6 nitrogen and oxygen atoms in total. The number of nitrogens with one attached hydrogen (secondary N) is 2. The van der Waals surface area contributed by atoms with E-state index >= 15 is 0 Å². The van der Waals surface area contributed by atoms with Crippen LogP contribution in [0.3, 0.4) is 0 Å². The summed E-state index contributed by atoms with van der Waals surface area (Å²) in [6, 6.07) is -0.158. The van der Waals surface area contributed by atoms with Gasteiger partial charge in [0.2, 0.25) is 5.91 Å². The highest BCUT2D eigenvalue weighted by molar-refractivity contribution is 5.82. The summed E-state index contributed by atoms with van der Waals surface area (Å²) in [6.45, 7) is 1.32. The number of amides is 1. The minimum absolute atomic E-state index is 0.00721. The first-order chi connectivity index (χ1) is 8.63. The Bertz CT molecular complexity index is 283.